The van der Waals surface area contributed by atoms with Gasteiger partial charge in [0.2, 0.25) is 5.91 Å². The third-order valence-corrected chi connectivity index (χ3v) is 2.92. The Hall–Kier alpha value is -0.280. The van der Waals surface area contributed by atoms with Crippen molar-refractivity contribution in [3.05, 3.63) is 0 Å². The van der Waals surface area contributed by atoms with E-state index in [0.29, 0.717) is 25.1 Å². The summed E-state index contributed by atoms with van der Waals surface area (Å²) in [5.41, 5.74) is 0. The Labute approximate surface area is 90.4 Å². The first-order valence-electron chi connectivity index (χ1n) is 5.06. The summed E-state index contributed by atoms with van der Waals surface area (Å²) < 4.78 is 4.99. The van der Waals surface area contributed by atoms with Gasteiger partial charge < -0.3 is 9.64 Å². The molecule has 0 bridgehead atoms. The van der Waals surface area contributed by atoms with E-state index >= 15 is 0 Å². The number of ether oxygens (including phenoxy) is 1. The van der Waals surface area contributed by atoms with Crippen LogP contribution >= 0.6 is 11.6 Å². The van der Waals surface area contributed by atoms with Gasteiger partial charge in [0.05, 0.1) is 6.61 Å². The summed E-state index contributed by atoms with van der Waals surface area (Å²) in [5, 5.41) is 0. The molecule has 1 saturated carbocycles. The van der Waals surface area contributed by atoms with E-state index in [2.05, 4.69) is 0 Å². The smallest absolute Gasteiger partial charge is 0.226 e. The molecule has 1 aliphatic carbocycles. The van der Waals surface area contributed by atoms with Crippen molar-refractivity contribution in [1.82, 2.24) is 4.90 Å². The van der Waals surface area contributed by atoms with Gasteiger partial charge in [-0.3, -0.25) is 4.79 Å². The predicted octanol–water partition coefficient (Wildman–Crippen LogP) is 1.50. The Bertz CT molecular complexity index is 195. The minimum absolute atomic E-state index is 0.0749. The number of rotatable bonds is 6. The van der Waals surface area contributed by atoms with Crippen LogP contribution in [0.15, 0.2) is 0 Å². The highest BCUT2D eigenvalue weighted by Gasteiger charge is 2.33. The molecule has 1 rings (SSSR count). The highest BCUT2D eigenvalue weighted by Crippen LogP contribution is 2.28. The molecule has 0 N–H and O–H groups in total. The van der Waals surface area contributed by atoms with Crippen LogP contribution in [0, 0.1) is 5.92 Å². The van der Waals surface area contributed by atoms with Gasteiger partial charge in [0.25, 0.3) is 0 Å². The third-order valence-electron chi connectivity index (χ3n) is 2.46. The molecule has 0 radical (unpaired) electrons. The number of nitrogens with zero attached hydrogens (tertiary/aromatic N) is 1. The lowest BCUT2D eigenvalue weighted by atomic mass is 10.2. The molecule has 82 valence electrons. The van der Waals surface area contributed by atoms with Crippen LogP contribution in [0.25, 0.3) is 0 Å². The van der Waals surface area contributed by atoms with Crippen molar-refractivity contribution < 1.29 is 9.53 Å². The molecule has 1 unspecified atom stereocenters. The Morgan fingerprint density at radius 1 is 1.64 bits per heavy atom. The topological polar surface area (TPSA) is 29.5 Å². The maximum atomic E-state index is 11.8. The summed E-state index contributed by atoms with van der Waals surface area (Å²) in [4.78, 5) is 13.8. The lowest BCUT2D eigenvalue weighted by Crippen LogP contribution is -2.39. The van der Waals surface area contributed by atoms with Gasteiger partial charge in [-0.25, -0.2) is 0 Å². The van der Waals surface area contributed by atoms with Crippen LogP contribution < -0.4 is 0 Å². The van der Waals surface area contributed by atoms with Crippen molar-refractivity contribution >= 4 is 17.5 Å². The van der Waals surface area contributed by atoms with Gasteiger partial charge in [-0.05, 0) is 12.8 Å². The summed E-state index contributed by atoms with van der Waals surface area (Å²) >= 11 is 5.67. The molecule has 3 nitrogen and oxygen atoms in total. The lowest BCUT2D eigenvalue weighted by molar-refractivity contribution is -0.135. The fourth-order valence-electron chi connectivity index (χ4n) is 1.40. The minimum Gasteiger partial charge on any atom is -0.383 e. The van der Waals surface area contributed by atoms with Crippen LogP contribution in [-0.2, 0) is 9.53 Å². The minimum atomic E-state index is -0.0749. The summed E-state index contributed by atoms with van der Waals surface area (Å²) in [7, 11) is 1.65. The van der Waals surface area contributed by atoms with Gasteiger partial charge in [-0.2, -0.15) is 0 Å². The Balaban J connectivity index is 2.44. The SMILES string of the molecule is COCCN(C(=O)C(C)CCl)C1CC1. The summed E-state index contributed by atoms with van der Waals surface area (Å²) in [6, 6.07) is 0.448. The second-order valence-corrected chi connectivity index (χ2v) is 4.12. The monoisotopic (exact) mass is 219 g/mol. The van der Waals surface area contributed by atoms with Crippen molar-refractivity contribution in [3.63, 3.8) is 0 Å². The van der Waals surface area contributed by atoms with Crippen LogP contribution in [0.1, 0.15) is 19.8 Å². The molecular formula is C10H18ClNO2. The molecule has 1 atom stereocenters. The van der Waals surface area contributed by atoms with Crippen molar-refractivity contribution in [1.29, 1.82) is 0 Å². The second kappa shape index (κ2) is 5.56. The fourth-order valence-corrected chi connectivity index (χ4v) is 1.53. The molecule has 0 aromatic rings. The van der Waals surface area contributed by atoms with E-state index < -0.39 is 0 Å². The maximum Gasteiger partial charge on any atom is 0.226 e. The van der Waals surface area contributed by atoms with Crippen LogP contribution in [0.4, 0.5) is 0 Å². The van der Waals surface area contributed by atoms with E-state index in [9.17, 15) is 4.79 Å². The first-order valence-corrected chi connectivity index (χ1v) is 5.59. The van der Waals surface area contributed by atoms with Gasteiger partial charge in [-0.15, -0.1) is 11.6 Å². The summed E-state index contributed by atoms with van der Waals surface area (Å²) in [5.74, 6) is 0.489. The third kappa shape index (κ3) is 3.14. The zero-order chi connectivity index (χ0) is 10.6. The quantitative estimate of drug-likeness (QED) is 0.634. The lowest BCUT2D eigenvalue weighted by Gasteiger charge is -2.24. The van der Waals surface area contributed by atoms with Gasteiger partial charge in [0.1, 0.15) is 0 Å². The van der Waals surface area contributed by atoms with E-state index in [1.54, 1.807) is 7.11 Å². The van der Waals surface area contributed by atoms with Crippen LogP contribution in [0.5, 0.6) is 0 Å². The first-order chi connectivity index (χ1) is 6.70. The highest BCUT2D eigenvalue weighted by atomic mass is 35.5. The summed E-state index contributed by atoms with van der Waals surface area (Å²) in [6.07, 6.45) is 2.26. The Morgan fingerprint density at radius 3 is 2.71 bits per heavy atom. The number of hydrogen-bond donors (Lipinski definition) is 0. The van der Waals surface area contributed by atoms with Gasteiger partial charge in [0, 0.05) is 31.5 Å². The number of hydrogen-bond acceptors (Lipinski definition) is 2. The van der Waals surface area contributed by atoms with E-state index in [0.717, 1.165) is 12.8 Å². The number of carbonyl (C=O) groups excluding carboxylic acids is 1. The molecule has 0 aliphatic heterocycles. The first kappa shape index (κ1) is 11.8. The highest BCUT2D eigenvalue weighted by molar-refractivity contribution is 6.19. The largest absolute Gasteiger partial charge is 0.383 e. The predicted molar refractivity (Wildman–Crippen MR) is 56.5 cm³/mol. The van der Waals surface area contributed by atoms with Gasteiger partial charge in [0.15, 0.2) is 0 Å². The Morgan fingerprint density at radius 2 is 2.29 bits per heavy atom. The molecule has 4 heteroatoms. The number of alkyl halides is 1. The zero-order valence-corrected chi connectivity index (χ0v) is 9.59. The van der Waals surface area contributed by atoms with Crippen molar-refractivity contribution in [2.75, 3.05) is 26.1 Å². The number of carbonyl (C=O) groups is 1. The molecule has 0 spiro atoms. The van der Waals surface area contributed by atoms with Gasteiger partial charge in [-0.1, -0.05) is 6.92 Å². The maximum absolute atomic E-state index is 11.8. The van der Waals surface area contributed by atoms with E-state index in [1.807, 2.05) is 11.8 Å². The fraction of sp³-hybridized carbons (Fsp3) is 0.900. The molecule has 14 heavy (non-hydrogen) atoms. The van der Waals surface area contributed by atoms with E-state index in [-0.39, 0.29) is 11.8 Å². The van der Waals surface area contributed by atoms with Crippen LogP contribution in [0.2, 0.25) is 0 Å². The van der Waals surface area contributed by atoms with E-state index in [1.165, 1.54) is 0 Å². The molecule has 0 saturated heterocycles. The van der Waals surface area contributed by atoms with Crippen molar-refractivity contribution in [2.45, 2.75) is 25.8 Å². The molecule has 1 fully saturated rings. The van der Waals surface area contributed by atoms with Crippen molar-refractivity contribution in [2.24, 2.45) is 5.92 Å². The Kier molecular flexibility index (Phi) is 4.69. The van der Waals surface area contributed by atoms with Gasteiger partial charge >= 0.3 is 0 Å². The molecular weight excluding hydrogens is 202 g/mol. The van der Waals surface area contributed by atoms with Crippen LogP contribution in [-0.4, -0.2) is 43.0 Å². The van der Waals surface area contributed by atoms with Crippen LogP contribution in [0.3, 0.4) is 0 Å². The second-order valence-electron chi connectivity index (χ2n) is 3.81. The normalized spacial score (nSPS) is 17.9. The molecule has 0 aromatic heterocycles. The number of methoxy groups -OCH3 is 1. The number of amides is 1. The van der Waals surface area contributed by atoms with Crippen molar-refractivity contribution in [3.8, 4) is 0 Å². The van der Waals surface area contributed by atoms with E-state index in [4.69, 9.17) is 16.3 Å². The average molecular weight is 220 g/mol. The zero-order valence-electron chi connectivity index (χ0n) is 8.83. The molecule has 1 aliphatic rings. The molecule has 1 amide bonds. The summed E-state index contributed by atoms with van der Waals surface area (Å²) in [6.45, 7) is 3.18. The molecule has 0 aromatic carbocycles. The number of halogens is 1. The average Bonchev–Trinajstić information content (AvgIpc) is 3.01. The standard InChI is InChI=1S/C10H18ClNO2/c1-8(7-11)10(13)12(5-6-14-2)9-3-4-9/h8-9H,3-7H2,1-2H3. The molecule has 0 heterocycles.